The molecule has 6 nitrogen and oxygen atoms in total. The number of carbonyl (C=O) groups is 1. The van der Waals surface area contributed by atoms with Crippen LogP contribution in [0, 0.1) is 0 Å². The summed E-state index contributed by atoms with van der Waals surface area (Å²) >= 11 is 0. The highest BCUT2D eigenvalue weighted by molar-refractivity contribution is 5.74. The average molecular weight is 313 g/mol. The third kappa shape index (κ3) is 4.48. The third-order valence-electron chi connectivity index (χ3n) is 4.05. The summed E-state index contributed by atoms with van der Waals surface area (Å²) in [5, 5.41) is 6.48. The molecule has 1 saturated heterocycles. The van der Waals surface area contributed by atoms with Crippen molar-refractivity contribution in [2.45, 2.75) is 25.4 Å². The molecule has 2 amide bonds. The van der Waals surface area contributed by atoms with E-state index in [4.69, 9.17) is 0 Å². The first-order chi connectivity index (χ1) is 11.3. The van der Waals surface area contributed by atoms with Crippen LogP contribution in [0.1, 0.15) is 12.8 Å². The summed E-state index contributed by atoms with van der Waals surface area (Å²) in [4.78, 5) is 18.1. The minimum Gasteiger partial charge on any atom is -0.380 e. The lowest BCUT2D eigenvalue weighted by atomic mass is 10.2. The SMILES string of the molecule is O=C(NCCCn1ccnc1)N1CCC(Nc2ccccc2)C1. The molecule has 1 atom stereocenters. The van der Waals surface area contributed by atoms with Crippen LogP contribution in [0.25, 0.3) is 0 Å². The van der Waals surface area contributed by atoms with E-state index in [0.29, 0.717) is 12.6 Å². The fourth-order valence-corrected chi connectivity index (χ4v) is 2.82. The van der Waals surface area contributed by atoms with Crippen molar-refractivity contribution in [1.82, 2.24) is 19.8 Å². The largest absolute Gasteiger partial charge is 0.380 e. The molecule has 1 aliphatic rings. The first kappa shape index (κ1) is 15.4. The number of nitrogens with one attached hydrogen (secondary N) is 2. The number of para-hydroxylation sites is 1. The van der Waals surface area contributed by atoms with Gasteiger partial charge in [0.2, 0.25) is 0 Å². The molecule has 0 bridgehead atoms. The number of nitrogens with zero attached hydrogens (tertiary/aromatic N) is 3. The third-order valence-corrected chi connectivity index (χ3v) is 4.05. The number of aromatic nitrogens is 2. The normalized spacial score (nSPS) is 17.2. The zero-order chi connectivity index (χ0) is 15.9. The number of aryl methyl sites for hydroxylation is 1. The van der Waals surface area contributed by atoms with Gasteiger partial charge in [-0.25, -0.2) is 9.78 Å². The highest BCUT2D eigenvalue weighted by atomic mass is 16.2. The van der Waals surface area contributed by atoms with Gasteiger partial charge in [-0.1, -0.05) is 18.2 Å². The lowest BCUT2D eigenvalue weighted by Crippen LogP contribution is -2.40. The zero-order valence-corrected chi connectivity index (χ0v) is 13.2. The molecule has 0 saturated carbocycles. The Bertz CT molecular complexity index is 599. The van der Waals surface area contributed by atoms with E-state index in [1.54, 1.807) is 12.5 Å². The maximum atomic E-state index is 12.2. The van der Waals surface area contributed by atoms with Crippen LogP contribution in [0.5, 0.6) is 0 Å². The number of benzene rings is 1. The number of hydrogen-bond acceptors (Lipinski definition) is 3. The molecule has 0 aliphatic carbocycles. The Morgan fingerprint density at radius 3 is 2.96 bits per heavy atom. The molecule has 3 rings (SSSR count). The van der Waals surface area contributed by atoms with Crippen molar-refractivity contribution in [3.63, 3.8) is 0 Å². The second kappa shape index (κ2) is 7.67. The molecule has 6 heteroatoms. The number of rotatable bonds is 6. The Balaban J connectivity index is 1.35. The summed E-state index contributed by atoms with van der Waals surface area (Å²) in [5.41, 5.74) is 1.11. The predicted octanol–water partition coefficient (Wildman–Crippen LogP) is 2.17. The quantitative estimate of drug-likeness (QED) is 0.804. The van der Waals surface area contributed by atoms with Crippen molar-refractivity contribution >= 4 is 11.7 Å². The second-order valence-electron chi connectivity index (χ2n) is 5.83. The number of imidazole rings is 1. The smallest absolute Gasteiger partial charge is 0.317 e. The van der Waals surface area contributed by atoms with Crippen LogP contribution in [0.15, 0.2) is 49.1 Å². The van der Waals surface area contributed by atoms with Crippen molar-refractivity contribution in [2.24, 2.45) is 0 Å². The van der Waals surface area contributed by atoms with E-state index < -0.39 is 0 Å². The maximum absolute atomic E-state index is 12.2. The Morgan fingerprint density at radius 1 is 1.30 bits per heavy atom. The Labute approximate surface area is 136 Å². The van der Waals surface area contributed by atoms with Gasteiger partial charge in [-0.05, 0) is 25.0 Å². The van der Waals surface area contributed by atoms with Gasteiger partial charge in [0.1, 0.15) is 0 Å². The fourth-order valence-electron chi connectivity index (χ4n) is 2.82. The molecule has 2 aromatic rings. The number of anilines is 1. The van der Waals surface area contributed by atoms with Crippen LogP contribution in [-0.4, -0.2) is 46.2 Å². The molecule has 0 radical (unpaired) electrons. The van der Waals surface area contributed by atoms with E-state index in [1.165, 1.54) is 0 Å². The second-order valence-corrected chi connectivity index (χ2v) is 5.83. The van der Waals surface area contributed by atoms with Gasteiger partial charge in [0, 0.05) is 50.3 Å². The molecule has 1 aromatic carbocycles. The summed E-state index contributed by atoms with van der Waals surface area (Å²) in [5.74, 6) is 0. The van der Waals surface area contributed by atoms with Crippen molar-refractivity contribution in [3.05, 3.63) is 49.1 Å². The number of likely N-dealkylation sites (tertiary alicyclic amines) is 1. The van der Waals surface area contributed by atoms with Crippen LogP contribution in [0.4, 0.5) is 10.5 Å². The van der Waals surface area contributed by atoms with Gasteiger partial charge in [-0.2, -0.15) is 0 Å². The van der Waals surface area contributed by atoms with E-state index in [2.05, 4.69) is 27.8 Å². The molecular formula is C17H23N5O. The molecule has 122 valence electrons. The van der Waals surface area contributed by atoms with Crippen LogP contribution >= 0.6 is 0 Å². The van der Waals surface area contributed by atoms with Gasteiger partial charge in [0.25, 0.3) is 0 Å². The number of hydrogen-bond donors (Lipinski definition) is 2. The molecule has 0 spiro atoms. The van der Waals surface area contributed by atoms with Crippen molar-refractivity contribution < 1.29 is 4.79 Å². The minimum absolute atomic E-state index is 0.0352. The van der Waals surface area contributed by atoms with E-state index in [-0.39, 0.29) is 6.03 Å². The monoisotopic (exact) mass is 313 g/mol. The van der Waals surface area contributed by atoms with Gasteiger partial charge in [-0.15, -0.1) is 0 Å². The van der Waals surface area contributed by atoms with Gasteiger partial charge < -0.3 is 20.1 Å². The highest BCUT2D eigenvalue weighted by Crippen LogP contribution is 2.15. The summed E-state index contributed by atoms with van der Waals surface area (Å²) in [6.45, 7) is 3.11. The van der Waals surface area contributed by atoms with Gasteiger partial charge in [0.15, 0.2) is 0 Å². The van der Waals surface area contributed by atoms with E-state index in [0.717, 1.165) is 38.2 Å². The van der Waals surface area contributed by atoms with Crippen LogP contribution in [0.2, 0.25) is 0 Å². The van der Waals surface area contributed by atoms with Crippen LogP contribution < -0.4 is 10.6 Å². The fraction of sp³-hybridized carbons (Fsp3) is 0.412. The van der Waals surface area contributed by atoms with Gasteiger partial charge in [0.05, 0.1) is 6.33 Å². The molecule has 1 aliphatic heterocycles. The van der Waals surface area contributed by atoms with E-state index in [9.17, 15) is 4.79 Å². The lowest BCUT2D eigenvalue weighted by molar-refractivity contribution is 0.208. The maximum Gasteiger partial charge on any atom is 0.317 e. The molecule has 1 unspecified atom stereocenters. The Morgan fingerprint density at radius 2 is 2.17 bits per heavy atom. The predicted molar refractivity (Wildman–Crippen MR) is 90.3 cm³/mol. The number of urea groups is 1. The van der Waals surface area contributed by atoms with Crippen molar-refractivity contribution in [3.8, 4) is 0 Å². The summed E-state index contributed by atoms with van der Waals surface area (Å²) in [7, 11) is 0. The lowest BCUT2D eigenvalue weighted by Gasteiger charge is -2.18. The molecule has 2 N–H and O–H groups in total. The summed E-state index contributed by atoms with van der Waals surface area (Å²) < 4.78 is 2.02. The number of amides is 2. The van der Waals surface area contributed by atoms with E-state index in [1.807, 2.05) is 33.9 Å². The molecular weight excluding hydrogens is 290 g/mol. The Hall–Kier alpha value is -2.50. The van der Waals surface area contributed by atoms with E-state index >= 15 is 0 Å². The molecule has 2 heterocycles. The average Bonchev–Trinajstić information content (AvgIpc) is 3.24. The molecule has 23 heavy (non-hydrogen) atoms. The van der Waals surface area contributed by atoms with Gasteiger partial charge >= 0.3 is 6.03 Å². The van der Waals surface area contributed by atoms with Crippen molar-refractivity contribution in [2.75, 3.05) is 25.0 Å². The standard InChI is InChI=1S/C17H23N5O/c23-17(19-8-4-10-21-12-9-18-14-21)22-11-7-16(13-22)20-15-5-2-1-3-6-15/h1-3,5-6,9,12,14,16,20H,4,7-8,10-11,13H2,(H,19,23). The van der Waals surface area contributed by atoms with Crippen LogP contribution in [0.3, 0.4) is 0 Å². The summed E-state index contributed by atoms with van der Waals surface area (Å²) in [6.07, 6.45) is 7.38. The molecule has 1 aromatic heterocycles. The number of carbonyl (C=O) groups excluding carboxylic acids is 1. The van der Waals surface area contributed by atoms with Crippen LogP contribution in [-0.2, 0) is 6.54 Å². The Kier molecular flexibility index (Phi) is 5.13. The first-order valence-corrected chi connectivity index (χ1v) is 8.11. The summed E-state index contributed by atoms with van der Waals surface area (Å²) in [6, 6.07) is 10.5. The molecule has 1 fully saturated rings. The topological polar surface area (TPSA) is 62.2 Å². The van der Waals surface area contributed by atoms with Crippen molar-refractivity contribution in [1.29, 1.82) is 0 Å². The highest BCUT2D eigenvalue weighted by Gasteiger charge is 2.25. The minimum atomic E-state index is 0.0352. The first-order valence-electron chi connectivity index (χ1n) is 8.11. The zero-order valence-electron chi connectivity index (χ0n) is 13.2. The van der Waals surface area contributed by atoms with Gasteiger partial charge in [-0.3, -0.25) is 0 Å².